The Bertz CT molecular complexity index is 377. The van der Waals surface area contributed by atoms with Crippen molar-refractivity contribution in [3.8, 4) is 0 Å². The molecular formula is C10H16N4O2. The van der Waals surface area contributed by atoms with E-state index < -0.39 is 0 Å². The van der Waals surface area contributed by atoms with Gasteiger partial charge in [0.15, 0.2) is 0 Å². The van der Waals surface area contributed by atoms with Crippen LogP contribution in [0.5, 0.6) is 0 Å². The Labute approximate surface area is 93.5 Å². The number of carbonyl (C=O) groups is 1. The lowest BCUT2D eigenvalue weighted by Gasteiger charge is -2.12. The summed E-state index contributed by atoms with van der Waals surface area (Å²) in [4.78, 5) is 11.8. The highest BCUT2D eigenvalue weighted by atomic mass is 16.5. The van der Waals surface area contributed by atoms with E-state index in [-0.39, 0.29) is 17.9 Å². The Morgan fingerprint density at radius 2 is 2.56 bits per heavy atom. The van der Waals surface area contributed by atoms with Gasteiger partial charge in [-0.1, -0.05) is 0 Å². The van der Waals surface area contributed by atoms with E-state index in [1.54, 1.807) is 6.20 Å². The maximum Gasteiger partial charge on any atom is 0.227 e. The van der Waals surface area contributed by atoms with E-state index in [0.29, 0.717) is 19.8 Å². The molecule has 2 unspecified atom stereocenters. The number of hydrogen-bond acceptors (Lipinski definition) is 4. The molecule has 6 heteroatoms. The van der Waals surface area contributed by atoms with E-state index in [0.717, 1.165) is 11.3 Å². The zero-order chi connectivity index (χ0) is 11.5. The summed E-state index contributed by atoms with van der Waals surface area (Å²) in [5.74, 6) is -0.280. The highest BCUT2D eigenvalue weighted by molar-refractivity contribution is 5.79. The minimum atomic E-state index is -0.229. The standard InChI is InChI=1S/C10H16N4O2/c1-6-7(3-13-14-6)2-12-10(15)8-4-16-5-9(8)11/h3,8-9H,2,4-5,11H2,1H3,(H,12,15)(H,13,14). The van der Waals surface area contributed by atoms with Crippen LogP contribution in [0.3, 0.4) is 0 Å². The molecule has 88 valence electrons. The van der Waals surface area contributed by atoms with Gasteiger partial charge in [0.05, 0.1) is 25.3 Å². The van der Waals surface area contributed by atoms with Crippen molar-refractivity contribution in [3.63, 3.8) is 0 Å². The van der Waals surface area contributed by atoms with Gasteiger partial charge >= 0.3 is 0 Å². The topological polar surface area (TPSA) is 93.0 Å². The largest absolute Gasteiger partial charge is 0.379 e. The molecule has 1 saturated heterocycles. The molecule has 0 aliphatic carbocycles. The van der Waals surface area contributed by atoms with Gasteiger partial charge in [0, 0.05) is 23.8 Å². The summed E-state index contributed by atoms with van der Waals surface area (Å²) in [7, 11) is 0. The molecule has 1 aromatic heterocycles. The van der Waals surface area contributed by atoms with Crippen LogP contribution in [-0.4, -0.2) is 35.4 Å². The van der Waals surface area contributed by atoms with Crippen molar-refractivity contribution in [2.75, 3.05) is 13.2 Å². The first kappa shape index (κ1) is 11.1. The van der Waals surface area contributed by atoms with Gasteiger partial charge in [-0.25, -0.2) is 0 Å². The molecule has 0 radical (unpaired) electrons. The SMILES string of the molecule is Cc1[nH]ncc1CNC(=O)C1COCC1N. The molecule has 4 N–H and O–H groups in total. The van der Waals surface area contributed by atoms with Gasteiger partial charge in [-0.3, -0.25) is 9.89 Å². The zero-order valence-corrected chi connectivity index (χ0v) is 9.19. The monoisotopic (exact) mass is 224 g/mol. The third-order valence-electron chi connectivity index (χ3n) is 2.85. The van der Waals surface area contributed by atoms with Crippen LogP contribution in [0, 0.1) is 12.8 Å². The fraction of sp³-hybridized carbons (Fsp3) is 0.600. The van der Waals surface area contributed by atoms with Crippen molar-refractivity contribution in [2.24, 2.45) is 11.7 Å². The van der Waals surface area contributed by atoms with Gasteiger partial charge in [0.25, 0.3) is 0 Å². The molecule has 2 rings (SSSR count). The Balaban J connectivity index is 1.86. The minimum absolute atomic E-state index is 0.0504. The first-order chi connectivity index (χ1) is 7.68. The Hall–Kier alpha value is -1.40. The number of ether oxygens (including phenoxy) is 1. The lowest BCUT2D eigenvalue weighted by Crippen LogP contribution is -2.40. The van der Waals surface area contributed by atoms with Crippen molar-refractivity contribution in [1.29, 1.82) is 0 Å². The third kappa shape index (κ3) is 2.23. The first-order valence-corrected chi connectivity index (χ1v) is 5.28. The maximum absolute atomic E-state index is 11.8. The number of aromatic amines is 1. The highest BCUT2D eigenvalue weighted by Gasteiger charge is 2.31. The van der Waals surface area contributed by atoms with E-state index in [1.807, 2.05) is 6.92 Å². The smallest absolute Gasteiger partial charge is 0.227 e. The van der Waals surface area contributed by atoms with Crippen LogP contribution >= 0.6 is 0 Å². The van der Waals surface area contributed by atoms with E-state index in [1.165, 1.54) is 0 Å². The van der Waals surface area contributed by atoms with Crippen molar-refractivity contribution < 1.29 is 9.53 Å². The van der Waals surface area contributed by atoms with Gasteiger partial charge in [-0.05, 0) is 6.92 Å². The van der Waals surface area contributed by atoms with Crippen LogP contribution in [0.4, 0.5) is 0 Å². The Morgan fingerprint density at radius 1 is 1.75 bits per heavy atom. The van der Waals surface area contributed by atoms with Crippen molar-refractivity contribution in [2.45, 2.75) is 19.5 Å². The molecule has 1 aromatic rings. The number of nitrogens with zero attached hydrogens (tertiary/aromatic N) is 1. The number of rotatable bonds is 3. The molecule has 1 fully saturated rings. The minimum Gasteiger partial charge on any atom is -0.379 e. The summed E-state index contributed by atoms with van der Waals surface area (Å²) in [6, 6.07) is -0.189. The van der Waals surface area contributed by atoms with Crippen LogP contribution in [0.15, 0.2) is 6.20 Å². The summed E-state index contributed by atoms with van der Waals surface area (Å²) < 4.78 is 5.15. The fourth-order valence-corrected chi connectivity index (χ4v) is 1.71. The van der Waals surface area contributed by atoms with Gasteiger partial charge in [-0.15, -0.1) is 0 Å². The fourth-order valence-electron chi connectivity index (χ4n) is 1.71. The van der Waals surface area contributed by atoms with E-state index in [4.69, 9.17) is 10.5 Å². The van der Waals surface area contributed by atoms with Crippen molar-refractivity contribution in [1.82, 2.24) is 15.5 Å². The number of aryl methyl sites for hydroxylation is 1. The van der Waals surface area contributed by atoms with Gasteiger partial charge in [0.2, 0.25) is 5.91 Å². The number of aromatic nitrogens is 2. The van der Waals surface area contributed by atoms with Crippen LogP contribution < -0.4 is 11.1 Å². The van der Waals surface area contributed by atoms with E-state index >= 15 is 0 Å². The van der Waals surface area contributed by atoms with Crippen LogP contribution in [-0.2, 0) is 16.1 Å². The van der Waals surface area contributed by atoms with Crippen LogP contribution in [0.1, 0.15) is 11.3 Å². The van der Waals surface area contributed by atoms with Crippen molar-refractivity contribution in [3.05, 3.63) is 17.5 Å². The van der Waals surface area contributed by atoms with E-state index in [2.05, 4.69) is 15.5 Å². The number of H-pyrrole nitrogens is 1. The summed E-state index contributed by atoms with van der Waals surface area (Å²) >= 11 is 0. The molecule has 6 nitrogen and oxygen atoms in total. The molecule has 1 aliphatic heterocycles. The number of nitrogens with two attached hydrogens (primary N) is 1. The van der Waals surface area contributed by atoms with Gasteiger partial charge in [-0.2, -0.15) is 5.10 Å². The van der Waals surface area contributed by atoms with E-state index in [9.17, 15) is 4.79 Å². The Morgan fingerprint density at radius 3 is 3.12 bits per heavy atom. The van der Waals surface area contributed by atoms with Crippen LogP contribution in [0.2, 0.25) is 0 Å². The molecule has 1 aliphatic rings. The second-order valence-corrected chi connectivity index (χ2v) is 4.05. The van der Waals surface area contributed by atoms with Gasteiger partial charge < -0.3 is 15.8 Å². The number of amides is 1. The average Bonchev–Trinajstić information content (AvgIpc) is 2.84. The van der Waals surface area contributed by atoms with Crippen LogP contribution in [0.25, 0.3) is 0 Å². The molecule has 2 atom stereocenters. The predicted octanol–water partition coefficient (Wildman–Crippen LogP) is -0.692. The first-order valence-electron chi connectivity index (χ1n) is 5.28. The summed E-state index contributed by atoms with van der Waals surface area (Å²) in [5.41, 5.74) is 7.71. The number of hydrogen-bond donors (Lipinski definition) is 3. The van der Waals surface area contributed by atoms with Crippen molar-refractivity contribution >= 4 is 5.91 Å². The number of carbonyl (C=O) groups excluding carboxylic acids is 1. The molecule has 0 saturated carbocycles. The maximum atomic E-state index is 11.8. The summed E-state index contributed by atoms with van der Waals surface area (Å²) in [6.45, 7) is 3.27. The molecule has 0 bridgehead atoms. The summed E-state index contributed by atoms with van der Waals surface area (Å²) in [6.07, 6.45) is 1.71. The average molecular weight is 224 g/mol. The molecule has 0 aromatic carbocycles. The number of nitrogens with one attached hydrogen (secondary N) is 2. The van der Waals surface area contributed by atoms with Gasteiger partial charge in [0.1, 0.15) is 0 Å². The second kappa shape index (κ2) is 4.63. The molecule has 1 amide bonds. The predicted molar refractivity (Wildman–Crippen MR) is 57.5 cm³/mol. The Kier molecular flexibility index (Phi) is 3.21. The normalized spacial score (nSPS) is 24.6. The third-order valence-corrected chi connectivity index (χ3v) is 2.85. The molecule has 16 heavy (non-hydrogen) atoms. The molecule has 0 spiro atoms. The quantitative estimate of drug-likeness (QED) is 0.633. The molecular weight excluding hydrogens is 208 g/mol. The second-order valence-electron chi connectivity index (χ2n) is 4.05. The summed E-state index contributed by atoms with van der Waals surface area (Å²) in [5, 5.41) is 9.55. The zero-order valence-electron chi connectivity index (χ0n) is 9.19. The lowest BCUT2D eigenvalue weighted by molar-refractivity contribution is -0.125. The molecule has 2 heterocycles. The highest BCUT2D eigenvalue weighted by Crippen LogP contribution is 2.12. The lowest BCUT2D eigenvalue weighted by atomic mass is 10.0.